The predicted molar refractivity (Wildman–Crippen MR) is 155 cm³/mol. The van der Waals surface area contributed by atoms with Gasteiger partial charge in [0.25, 0.3) is 0 Å². The molecule has 1 aromatic carbocycles. The number of nitrogens with one attached hydrogen (secondary N) is 1. The highest BCUT2D eigenvalue weighted by Crippen LogP contribution is 2.69. The van der Waals surface area contributed by atoms with Crippen molar-refractivity contribution in [2.24, 2.45) is 46.3 Å². The zero-order valence-electron chi connectivity index (χ0n) is 25.1. The van der Waals surface area contributed by atoms with E-state index in [1.165, 1.54) is 32.6 Å². The van der Waals surface area contributed by atoms with Crippen molar-refractivity contribution in [1.82, 2.24) is 9.97 Å². The van der Waals surface area contributed by atoms with Crippen LogP contribution in [0.3, 0.4) is 0 Å². The van der Waals surface area contributed by atoms with E-state index in [9.17, 15) is 9.59 Å². The minimum atomic E-state index is -0.155. The van der Waals surface area contributed by atoms with Gasteiger partial charge in [-0.1, -0.05) is 32.9 Å². The van der Waals surface area contributed by atoms with Gasteiger partial charge in [0.1, 0.15) is 18.0 Å². The van der Waals surface area contributed by atoms with E-state index in [1.807, 2.05) is 6.07 Å². The summed E-state index contributed by atoms with van der Waals surface area (Å²) in [4.78, 5) is 32.5. The van der Waals surface area contributed by atoms with Crippen molar-refractivity contribution in [3.05, 3.63) is 30.1 Å². The standard InChI is InChI=1S/C34H48N2O4/c1-20(10-15-32-35-29-8-6-7-9-30(29)36-32)26-13-14-27-25-12-11-23-18-24(39-21(2)37)16-17-33(23,4)28(25)19-31(34(26,27)5)40-22(3)38/h6-9,20,23-28,31H,10-19H2,1-5H3,(H,35,36)/t20-,23+,24+,25-,26+,27-,28-,31-,33+,34+/m1/s1. The highest BCUT2D eigenvalue weighted by Gasteiger charge is 2.65. The third kappa shape index (κ3) is 4.67. The van der Waals surface area contributed by atoms with Crippen LogP contribution in [0, 0.1) is 46.3 Å². The lowest BCUT2D eigenvalue weighted by Crippen LogP contribution is -2.59. The van der Waals surface area contributed by atoms with Crippen molar-refractivity contribution in [2.45, 2.75) is 111 Å². The van der Waals surface area contributed by atoms with E-state index in [1.54, 1.807) is 6.92 Å². The molecule has 0 spiro atoms. The molecular formula is C34H48N2O4. The molecule has 218 valence electrons. The number of ether oxygens (including phenoxy) is 2. The van der Waals surface area contributed by atoms with Gasteiger partial charge < -0.3 is 14.5 Å². The zero-order valence-corrected chi connectivity index (χ0v) is 25.1. The van der Waals surface area contributed by atoms with Gasteiger partial charge >= 0.3 is 11.9 Å². The molecule has 4 saturated carbocycles. The summed E-state index contributed by atoms with van der Waals surface area (Å²) < 4.78 is 12.0. The molecule has 6 nitrogen and oxygen atoms in total. The number of H-pyrrole nitrogens is 1. The maximum Gasteiger partial charge on any atom is 0.302 e. The number of benzene rings is 1. The molecule has 6 rings (SSSR count). The summed E-state index contributed by atoms with van der Waals surface area (Å²) in [5.41, 5.74) is 2.39. The fourth-order valence-electron chi connectivity index (χ4n) is 10.5. The molecule has 1 aromatic heterocycles. The van der Waals surface area contributed by atoms with Crippen molar-refractivity contribution in [2.75, 3.05) is 0 Å². The fourth-order valence-corrected chi connectivity index (χ4v) is 10.5. The Morgan fingerprint density at radius 3 is 2.52 bits per heavy atom. The summed E-state index contributed by atoms with van der Waals surface area (Å²) in [5.74, 6) is 4.28. The third-order valence-electron chi connectivity index (χ3n) is 12.4. The smallest absolute Gasteiger partial charge is 0.302 e. The number of hydrogen-bond acceptors (Lipinski definition) is 5. The zero-order chi connectivity index (χ0) is 28.2. The Balaban J connectivity index is 1.22. The Kier molecular flexibility index (Phi) is 7.28. The van der Waals surface area contributed by atoms with Gasteiger partial charge in [-0.3, -0.25) is 9.59 Å². The summed E-state index contributed by atoms with van der Waals surface area (Å²) in [5, 5.41) is 0. The maximum atomic E-state index is 12.5. The highest BCUT2D eigenvalue weighted by atomic mass is 16.5. The van der Waals surface area contributed by atoms with Gasteiger partial charge in [0.2, 0.25) is 0 Å². The van der Waals surface area contributed by atoms with Gasteiger partial charge in [0, 0.05) is 25.7 Å². The van der Waals surface area contributed by atoms with Crippen molar-refractivity contribution >= 4 is 23.0 Å². The first-order chi connectivity index (χ1) is 19.1. The largest absolute Gasteiger partial charge is 0.463 e. The van der Waals surface area contributed by atoms with E-state index in [0.29, 0.717) is 35.5 Å². The molecule has 2 aromatic rings. The van der Waals surface area contributed by atoms with E-state index in [0.717, 1.165) is 55.4 Å². The molecule has 4 fully saturated rings. The number of rotatable bonds is 6. The number of para-hydroxylation sites is 2. The van der Waals surface area contributed by atoms with E-state index in [2.05, 4.69) is 44.0 Å². The number of aromatic nitrogens is 2. The molecule has 0 unspecified atom stereocenters. The number of esters is 2. The molecule has 0 saturated heterocycles. The minimum Gasteiger partial charge on any atom is -0.463 e. The summed E-state index contributed by atoms with van der Waals surface area (Å²) in [6.45, 7) is 10.5. The Bertz CT molecular complexity index is 1220. The van der Waals surface area contributed by atoms with Gasteiger partial charge in [0.15, 0.2) is 0 Å². The summed E-state index contributed by atoms with van der Waals surface area (Å²) in [6, 6.07) is 8.26. The molecule has 4 aliphatic rings. The summed E-state index contributed by atoms with van der Waals surface area (Å²) in [6.07, 6.45) is 11.0. The molecule has 10 atom stereocenters. The van der Waals surface area contributed by atoms with Crippen LogP contribution in [-0.4, -0.2) is 34.1 Å². The van der Waals surface area contributed by atoms with E-state index in [-0.39, 0.29) is 35.0 Å². The SMILES string of the molecule is CC(=O)O[C@H]1CC[C@@]2(C)[C@@H](CC[C@H]3[C@H]2C[C@@H](OC(C)=O)[C@]2(C)[C@@H]3CC[C@H]2[C@H](C)CCc2nc3ccccc3[nH]2)C1. The Morgan fingerprint density at radius 1 is 1.00 bits per heavy atom. The molecule has 40 heavy (non-hydrogen) atoms. The van der Waals surface area contributed by atoms with Crippen LogP contribution in [0.5, 0.6) is 0 Å². The van der Waals surface area contributed by atoms with Crippen LogP contribution >= 0.6 is 0 Å². The van der Waals surface area contributed by atoms with Gasteiger partial charge in [0.05, 0.1) is 11.0 Å². The average Bonchev–Trinajstić information content (AvgIpc) is 3.49. The van der Waals surface area contributed by atoms with Gasteiger partial charge in [-0.15, -0.1) is 0 Å². The molecule has 6 heteroatoms. The quantitative estimate of drug-likeness (QED) is 0.384. The molecule has 1 heterocycles. The molecular weight excluding hydrogens is 500 g/mol. The maximum absolute atomic E-state index is 12.5. The topological polar surface area (TPSA) is 81.3 Å². The first-order valence-electron chi connectivity index (χ1n) is 15.9. The van der Waals surface area contributed by atoms with Crippen molar-refractivity contribution in [1.29, 1.82) is 0 Å². The van der Waals surface area contributed by atoms with E-state index >= 15 is 0 Å². The van der Waals surface area contributed by atoms with Gasteiger partial charge in [-0.2, -0.15) is 0 Å². The van der Waals surface area contributed by atoms with Crippen LogP contribution in [0.1, 0.15) is 98.2 Å². The molecule has 0 radical (unpaired) electrons. The van der Waals surface area contributed by atoms with Crippen LogP contribution in [-0.2, 0) is 25.5 Å². The van der Waals surface area contributed by atoms with Crippen LogP contribution in [0.4, 0.5) is 0 Å². The molecule has 0 amide bonds. The van der Waals surface area contributed by atoms with Crippen LogP contribution in [0.15, 0.2) is 24.3 Å². The minimum absolute atomic E-state index is 0.0122. The number of carbonyl (C=O) groups excluding carboxylic acids is 2. The van der Waals surface area contributed by atoms with Crippen LogP contribution in [0.25, 0.3) is 11.0 Å². The van der Waals surface area contributed by atoms with Crippen LogP contribution < -0.4 is 0 Å². The number of fused-ring (bicyclic) bond motifs is 6. The second-order valence-electron chi connectivity index (χ2n) is 14.3. The predicted octanol–water partition coefficient (Wildman–Crippen LogP) is 7.26. The summed E-state index contributed by atoms with van der Waals surface area (Å²) in [7, 11) is 0. The second-order valence-corrected chi connectivity index (χ2v) is 14.3. The number of nitrogens with zero attached hydrogens (tertiary/aromatic N) is 1. The monoisotopic (exact) mass is 548 g/mol. The molecule has 0 bridgehead atoms. The Labute approximate surface area is 239 Å². The van der Waals surface area contributed by atoms with E-state index in [4.69, 9.17) is 14.5 Å². The lowest BCUT2D eigenvalue weighted by molar-refractivity contribution is -0.197. The summed E-state index contributed by atoms with van der Waals surface area (Å²) >= 11 is 0. The fraction of sp³-hybridized carbons (Fsp3) is 0.735. The number of imidazole rings is 1. The highest BCUT2D eigenvalue weighted by molar-refractivity contribution is 5.74. The second kappa shape index (κ2) is 10.5. The molecule has 0 aliphatic heterocycles. The van der Waals surface area contributed by atoms with Gasteiger partial charge in [-0.25, -0.2) is 4.98 Å². The first kappa shape index (κ1) is 27.8. The number of aryl methyl sites for hydroxylation is 1. The van der Waals surface area contributed by atoms with Crippen molar-refractivity contribution < 1.29 is 19.1 Å². The Hall–Kier alpha value is -2.37. The lowest BCUT2D eigenvalue weighted by Gasteiger charge is -2.62. The van der Waals surface area contributed by atoms with E-state index < -0.39 is 0 Å². The van der Waals surface area contributed by atoms with Gasteiger partial charge in [-0.05, 0) is 111 Å². The number of aromatic amines is 1. The number of hydrogen-bond donors (Lipinski definition) is 1. The van der Waals surface area contributed by atoms with Crippen molar-refractivity contribution in [3.8, 4) is 0 Å². The lowest BCUT2D eigenvalue weighted by atomic mass is 9.43. The molecule has 4 aliphatic carbocycles. The Morgan fingerprint density at radius 2 is 1.77 bits per heavy atom. The molecule has 1 N–H and O–H groups in total. The van der Waals surface area contributed by atoms with Crippen LogP contribution in [0.2, 0.25) is 0 Å². The normalized spacial score (nSPS) is 39.6. The first-order valence-corrected chi connectivity index (χ1v) is 15.9. The average molecular weight is 549 g/mol. The number of carbonyl (C=O) groups is 2. The van der Waals surface area contributed by atoms with Crippen molar-refractivity contribution in [3.63, 3.8) is 0 Å². The third-order valence-corrected chi connectivity index (χ3v) is 12.4.